The Morgan fingerprint density at radius 1 is 1.31 bits per heavy atom. The normalized spacial score (nSPS) is 13.1. The molecule has 0 radical (unpaired) electrons. The van der Waals surface area contributed by atoms with E-state index in [2.05, 4.69) is 37.5 Å². The molecule has 2 nitrogen and oxygen atoms in total. The molecule has 0 aliphatic rings. The molecular formula is C13H23NOS. The second-order valence-electron chi connectivity index (χ2n) is 4.00. The SMILES string of the molecule is CCNC(c1cc(OC)cs1)C(CC)CC. The van der Waals surface area contributed by atoms with Gasteiger partial charge in [0.25, 0.3) is 0 Å². The molecule has 1 atom stereocenters. The van der Waals surface area contributed by atoms with Crippen LogP contribution in [-0.2, 0) is 0 Å². The first-order valence-electron chi connectivity index (χ1n) is 6.12. The average Bonchev–Trinajstić information content (AvgIpc) is 2.77. The number of nitrogens with one attached hydrogen (secondary N) is 1. The van der Waals surface area contributed by atoms with Crippen molar-refractivity contribution < 1.29 is 4.74 Å². The summed E-state index contributed by atoms with van der Waals surface area (Å²) in [5, 5.41) is 5.68. The summed E-state index contributed by atoms with van der Waals surface area (Å²) in [6.45, 7) is 7.72. The lowest BCUT2D eigenvalue weighted by molar-refractivity contribution is 0.350. The molecule has 1 rings (SSSR count). The van der Waals surface area contributed by atoms with Crippen molar-refractivity contribution in [3.63, 3.8) is 0 Å². The van der Waals surface area contributed by atoms with Crippen molar-refractivity contribution in [3.8, 4) is 5.75 Å². The Balaban J connectivity index is 2.82. The van der Waals surface area contributed by atoms with Gasteiger partial charge in [-0.3, -0.25) is 0 Å². The van der Waals surface area contributed by atoms with Crippen molar-refractivity contribution in [2.75, 3.05) is 13.7 Å². The summed E-state index contributed by atoms with van der Waals surface area (Å²) in [6.07, 6.45) is 2.43. The van der Waals surface area contributed by atoms with E-state index in [1.165, 1.54) is 17.7 Å². The lowest BCUT2D eigenvalue weighted by Crippen LogP contribution is -2.26. The van der Waals surface area contributed by atoms with Gasteiger partial charge in [-0.2, -0.15) is 0 Å². The fraction of sp³-hybridized carbons (Fsp3) is 0.692. The fourth-order valence-electron chi connectivity index (χ4n) is 2.08. The van der Waals surface area contributed by atoms with Crippen LogP contribution < -0.4 is 10.1 Å². The van der Waals surface area contributed by atoms with E-state index in [0.29, 0.717) is 12.0 Å². The van der Waals surface area contributed by atoms with Crippen LogP contribution in [0, 0.1) is 5.92 Å². The molecule has 0 saturated heterocycles. The summed E-state index contributed by atoms with van der Waals surface area (Å²) in [4.78, 5) is 1.40. The molecule has 0 bridgehead atoms. The van der Waals surface area contributed by atoms with Gasteiger partial charge in [0.2, 0.25) is 0 Å². The first-order valence-corrected chi connectivity index (χ1v) is 7.00. The largest absolute Gasteiger partial charge is 0.496 e. The van der Waals surface area contributed by atoms with E-state index in [1.807, 2.05) is 0 Å². The van der Waals surface area contributed by atoms with Crippen molar-refractivity contribution in [2.45, 2.75) is 39.7 Å². The van der Waals surface area contributed by atoms with Crippen LogP contribution >= 0.6 is 11.3 Å². The van der Waals surface area contributed by atoms with E-state index < -0.39 is 0 Å². The summed E-state index contributed by atoms with van der Waals surface area (Å²) in [6, 6.07) is 2.64. The van der Waals surface area contributed by atoms with Crippen LogP contribution in [0.5, 0.6) is 5.75 Å². The monoisotopic (exact) mass is 241 g/mol. The van der Waals surface area contributed by atoms with Gasteiger partial charge in [-0.05, 0) is 18.5 Å². The maximum absolute atomic E-state index is 5.25. The number of rotatable bonds is 7. The maximum Gasteiger partial charge on any atom is 0.129 e. The number of ether oxygens (including phenoxy) is 1. The Morgan fingerprint density at radius 3 is 2.44 bits per heavy atom. The smallest absolute Gasteiger partial charge is 0.129 e. The third-order valence-electron chi connectivity index (χ3n) is 3.08. The Morgan fingerprint density at radius 2 is 2.00 bits per heavy atom. The van der Waals surface area contributed by atoms with Crippen LogP contribution in [0.4, 0.5) is 0 Å². The molecule has 0 spiro atoms. The van der Waals surface area contributed by atoms with E-state index >= 15 is 0 Å². The summed E-state index contributed by atoms with van der Waals surface area (Å²) in [5.41, 5.74) is 0. The molecule has 1 N–H and O–H groups in total. The summed E-state index contributed by atoms with van der Waals surface area (Å²) in [5.74, 6) is 1.69. The highest BCUT2D eigenvalue weighted by Crippen LogP contribution is 2.33. The highest BCUT2D eigenvalue weighted by molar-refractivity contribution is 7.10. The van der Waals surface area contributed by atoms with Crippen LogP contribution in [0.2, 0.25) is 0 Å². The van der Waals surface area contributed by atoms with E-state index in [0.717, 1.165) is 12.3 Å². The third kappa shape index (κ3) is 3.22. The molecule has 1 aromatic heterocycles. The highest BCUT2D eigenvalue weighted by Gasteiger charge is 2.21. The molecule has 0 aromatic carbocycles. The highest BCUT2D eigenvalue weighted by atomic mass is 32.1. The van der Waals surface area contributed by atoms with Gasteiger partial charge in [-0.25, -0.2) is 0 Å². The van der Waals surface area contributed by atoms with Gasteiger partial charge in [0, 0.05) is 16.3 Å². The number of hydrogen-bond acceptors (Lipinski definition) is 3. The fourth-order valence-corrected chi connectivity index (χ4v) is 3.11. The molecule has 0 aliphatic heterocycles. The number of methoxy groups -OCH3 is 1. The van der Waals surface area contributed by atoms with E-state index in [9.17, 15) is 0 Å². The molecule has 92 valence electrons. The zero-order chi connectivity index (χ0) is 12.0. The van der Waals surface area contributed by atoms with Crippen LogP contribution in [-0.4, -0.2) is 13.7 Å². The average molecular weight is 241 g/mol. The number of hydrogen-bond donors (Lipinski definition) is 1. The van der Waals surface area contributed by atoms with Gasteiger partial charge in [-0.15, -0.1) is 11.3 Å². The molecule has 1 unspecified atom stereocenters. The Hall–Kier alpha value is -0.540. The van der Waals surface area contributed by atoms with E-state index in [1.54, 1.807) is 18.4 Å². The Labute approximate surface area is 103 Å². The van der Waals surface area contributed by atoms with Gasteiger partial charge in [0.05, 0.1) is 7.11 Å². The zero-order valence-electron chi connectivity index (χ0n) is 10.7. The molecule has 0 saturated carbocycles. The minimum atomic E-state index is 0.480. The lowest BCUT2D eigenvalue weighted by atomic mass is 9.93. The Bertz CT molecular complexity index is 294. The summed E-state index contributed by atoms with van der Waals surface area (Å²) in [7, 11) is 1.73. The second-order valence-corrected chi connectivity index (χ2v) is 4.94. The first kappa shape index (κ1) is 13.5. The van der Waals surface area contributed by atoms with Crippen molar-refractivity contribution in [1.29, 1.82) is 0 Å². The molecule has 0 fully saturated rings. The molecule has 16 heavy (non-hydrogen) atoms. The minimum Gasteiger partial charge on any atom is -0.496 e. The molecule has 3 heteroatoms. The van der Waals surface area contributed by atoms with Gasteiger partial charge in [-0.1, -0.05) is 33.6 Å². The molecule has 1 aromatic rings. The van der Waals surface area contributed by atoms with Crippen molar-refractivity contribution in [2.24, 2.45) is 5.92 Å². The van der Waals surface area contributed by atoms with Crippen LogP contribution in [0.15, 0.2) is 11.4 Å². The third-order valence-corrected chi connectivity index (χ3v) is 4.08. The predicted molar refractivity (Wildman–Crippen MR) is 71.4 cm³/mol. The number of thiophene rings is 1. The van der Waals surface area contributed by atoms with Gasteiger partial charge < -0.3 is 10.1 Å². The van der Waals surface area contributed by atoms with Crippen molar-refractivity contribution in [3.05, 3.63) is 16.3 Å². The zero-order valence-corrected chi connectivity index (χ0v) is 11.6. The lowest BCUT2D eigenvalue weighted by Gasteiger charge is -2.25. The summed E-state index contributed by atoms with van der Waals surface area (Å²) < 4.78 is 5.25. The van der Waals surface area contributed by atoms with E-state index in [4.69, 9.17) is 4.74 Å². The molecular weight excluding hydrogens is 218 g/mol. The van der Waals surface area contributed by atoms with Gasteiger partial charge in [0.1, 0.15) is 5.75 Å². The summed E-state index contributed by atoms with van der Waals surface area (Å²) >= 11 is 1.79. The first-order chi connectivity index (χ1) is 7.76. The van der Waals surface area contributed by atoms with Crippen LogP contribution in [0.1, 0.15) is 44.5 Å². The van der Waals surface area contributed by atoms with E-state index in [-0.39, 0.29) is 0 Å². The molecule has 1 heterocycles. The topological polar surface area (TPSA) is 21.3 Å². The van der Waals surface area contributed by atoms with Crippen LogP contribution in [0.25, 0.3) is 0 Å². The molecule has 0 amide bonds. The standard InChI is InChI=1S/C13H23NOS/c1-5-10(6-2)13(14-7-3)12-8-11(15-4)9-16-12/h8-10,13-14H,5-7H2,1-4H3. The van der Waals surface area contributed by atoms with Crippen molar-refractivity contribution in [1.82, 2.24) is 5.32 Å². The van der Waals surface area contributed by atoms with Crippen molar-refractivity contribution >= 4 is 11.3 Å². The maximum atomic E-state index is 5.25. The van der Waals surface area contributed by atoms with Gasteiger partial charge >= 0.3 is 0 Å². The van der Waals surface area contributed by atoms with Crippen LogP contribution in [0.3, 0.4) is 0 Å². The Kier molecular flexibility index (Phi) is 5.85. The second kappa shape index (κ2) is 6.92. The minimum absolute atomic E-state index is 0.480. The quantitative estimate of drug-likeness (QED) is 0.783. The van der Waals surface area contributed by atoms with Gasteiger partial charge in [0.15, 0.2) is 0 Å². The predicted octanol–water partition coefficient (Wildman–Crippen LogP) is 3.84. The molecule has 0 aliphatic carbocycles.